The summed E-state index contributed by atoms with van der Waals surface area (Å²) in [5.41, 5.74) is 1.95. The van der Waals surface area contributed by atoms with Crippen LogP contribution < -0.4 is 10.1 Å². The van der Waals surface area contributed by atoms with Gasteiger partial charge in [0.25, 0.3) is 5.91 Å². The van der Waals surface area contributed by atoms with Gasteiger partial charge in [0, 0.05) is 6.54 Å². The summed E-state index contributed by atoms with van der Waals surface area (Å²) in [6.45, 7) is 0.575. The third-order valence-electron chi connectivity index (χ3n) is 3.54. The van der Waals surface area contributed by atoms with Crippen molar-refractivity contribution in [3.8, 4) is 5.75 Å². The van der Waals surface area contributed by atoms with E-state index in [1.807, 2.05) is 0 Å². The van der Waals surface area contributed by atoms with Crippen LogP contribution in [0.4, 0.5) is 0 Å². The van der Waals surface area contributed by atoms with E-state index in [4.69, 9.17) is 4.74 Å². The van der Waals surface area contributed by atoms with E-state index in [2.05, 4.69) is 11.4 Å². The number of aliphatic hydroxyl groups excluding tert-OH is 1. The maximum absolute atomic E-state index is 11.9. The van der Waals surface area contributed by atoms with Crippen LogP contribution in [0.25, 0.3) is 0 Å². The second-order valence-electron chi connectivity index (χ2n) is 4.97. The lowest BCUT2D eigenvalue weighted by Crippen LogP contribution is -2.30. The van der Waals surface area contributed by atoms with Gasteiger partial charge in [0.2, 0.25) is 0 Å². The van der Waals surface area contributed by atoms with Gasteiger partial charge in [-0.1, -0.05) is 23.8 Å². The second-order valence-corrected chi connectivity index (χ2v) is 4.97. The molecular weight excluding hydrogens is 254 g/mol. The Hall–Kier alpha value is -1.81. The number of methoxy groups -OCH3 is 1. The molecule has 1 aliphatic rings. The first kappa shape index (κ1) is 14.6. The average molecular weight is 275 g/mol. The molecule has 0 fully saturated rings. The zero-order valence-electron chi connectivity index (χ0n) is 11.8. The maximum atomic E-state index is 11.9. The number of carbonyl (C=O) groups is 1. The number of carbonyl (C=O) groups excluding carboxylic acids is 1. The van der Waals surface area contributed by atoms with Crippen molar-refractivity contribution in [2.75, 3.05) is 13.7 Å². The van der Waals surface area contributed by atoms with Gasteiger partial charge in [-0.15, -0.1) is 0 Å². The van der Waals surface area contributed by atoms with Crippen LogP contribution in [-0.2, 0) is 4.79 Å². The number of nitrogens with one attached hydrogen (secondary N) is 1. The summed E-state index contributed by atoms with van der Waals surface area (Å²) in [6.07, 6.45) is 5.46. The molecule has 0 heterocycles. The standard InChI is InChI=1S/C16H21NO3/c1-20-14-8-4-7-13(11-14)15(18)16(19)17-10-9-12-5-2-3-6-12/h4-5,7-8,11,15,18H,2-3,6,9-10H2,1H3,(H,17,19). The van der Waals surface area contributed by atoms with Crippen molar-refractivity contribution in [2.45, 2.75) is 31.8 Å². The second kappa shape index (κ2) is 7.10. The molecule has 108 valence electrons. The lowest BCUT2D eigenvalue weighted by molar-refractivity contribution is -0.129. The van der Waals surface area contributed by atoms with Crippen LogP contribution >= 0.6 is 0 Å². The molecule has 1 atom stereocenters. The van der Waals surface area contributed by atoms with Crippen LogP contribution in [0.2, 0.25) is 0 Å². The van der Waals surface area contributed by atoms with Crippen molar-refractivity contribution >= 4 is 5.91 Å². The highest BCUT2D eigenvalue weighted by Crippen LogP contribution is 2.21. The zero-order chi connectivity index (χ0) is 14.4. The smallest absolute Gasteiger partial charge is 0.253 e. The highest BCUT2D eigenvalue weighted by molar-refractivity contribution is 5.82. The fourth-order valence-electron chi connectivity index (χ4n) is 2.37. The molecule has 0 radical (unpaired) electrons. The normalized spacial score (nSPS) is 15.6. The van der Waals surface area contributed by atoms with Gasteiger partial charge >= 0.3 is 0 Å². The van der Waals surface area contributed by atoms with Gasteiger partial charge in [-0.25, -0.2) is 0 Å². The first-order valence-electron chi connectivity index (χ1n) is 6.98. The Morgan fingerprint density at radius 1 is 1.50 bits per heavy atom. The third-order valence-corrected chi connectivity index (χ3v) is 3.54. The van der Waals surface area contributed by atoms with Crippen LogP contribution in [0, 0.1) is 0 Å². The molecule has 1 aromatic rings. The van der Waals surface area contributed by atoms with Crippen molar-refractivity contribution in [1.82, 2.24) is 5.32 Å². The molecule has 4 nitrogen and oxygen atoms in total. The number of aliphatic hydroxyl groups is 1. The minimum absolute atomic E-state index is 0.364. The van der Waals surface area contributed by atoms with Gasteiger partial charge in [-0.05, 0) is 43.4 Å². The molecule has 1 amide bonds. The minimum Gasteiger partial charge on any atom is -0.497 e. The first-order chi connectivity index (χ1) is 9.70. The molecule has 1 aromatic carbocycles. The molecule has 1 unspecified atom stereocenters. The van der Waals surface area contributed by atoms with E-state index >= 15 is 0 Å². The molecule has 0 spiro atoms. The highest BCUT2D eigenvalue weighted by Gasteiger charge is 2.17. The summed E-state index contributed by atoms with van der Waals surface area (Å²) in [7, 11) is 1.56. The van der Waals surface area contributed by atoms with Crippen LogP contribution in [-0.4, -0.2) is 24.7 Å². The van der Waals surface area contributed by atoms with Gasteiger partial charge in [0.1, 0.15) is 5.75 Å². The number of allylic oxidation sites excluding steroid dienone is 1. The molecule has 4 heteroatoms. The lowest BCUT2D eigenvalue weighted by Gasteiger charge is -2.12. The van der Waals surface area contributed by atoms with Crippen LogP contribution in [0.1, 0.15) is 37.4 Å². The van der Waals surface area contributed by atoms with Crippen molar-refractivity contribution in [3.05, 3.63) is 41.5 Å². The zero-order valence-corrected chi connectivity index (χ0v) is 11.8. The summed E-state index contributed by atoms with van der Waals surface area (Å²) >= 11 is 0. The molecule has 0 bridgehead atoms. The predicted molar refractivity (Wildman–Crippen MR) is 77.5 cm³/mol. The summed E-state index contributed by atoms with van der Waals surface area (Å²) in [5.74, 6) is 0.266. The summed E-state index contributed by atoms with van der Waals surface area (Å²) in [4.78, 5) is 11.9. The SMILES string of the molecule is COc1cccc(C(O)C(=O)NCCC2=CCCC2)c1. The monoisotopic (exact) mass is 275 g/mol. The van der Waals surface area contributed by atoms with Gasteiger partial charge < -0.3 is 15.2 Å². The summed E-state index contributed by atoms with van der Waals surface area (Å²) in [5, 5.41) is 12.8. The van der Waals surface area contributed by atoms with Gasteiger partial charge in [0.05, 0.1) is 7.11 Å². The van der Waals surface area contributed by atoms with Gasteiger partial charge in [0.15, 0.2) is 6.10 Å². The molecule has 0 saturated heterocycles. The van der Waals surface area contributed by atoms with Crippen LogP contribution in [0.15, 0.2) is 35.9 Å². The maximum Gasteiger partial charge on any atom is 0.253 e. The number of hydrogen-bond acceptors (Lipinski definition) is 3. The summed E-state index contributed by atoms with van der Waals surface area (Å²) in [6, 6.07) is 6.92. The molecule has 1 aliphatic carbocycles. The predicted octanol–water partition coefficient (Wildman–Crippen LogP) is 2.35. The van der Waals surface area contributed by atoms with Gasteiger partial charge in [-0.2, -0.15) is 0 Å². The fourth-order valence-corrected chi connectivity index (χ4v) is 2.37. The van der Waals surface area contributed by atoms with E-state index in [0.29, 0.717) is 17.9 Å². The fraction of sp³-hybridized carbons (Fsp3) is 0.438. The molecule has 0 aromatic heterocycles. The number of rotatable bonds is 6. The largest absolute Gasteiger partial charge is 0.497 e. The Balaban J connectivity index is 1.84. The molecule has 0 saturated carbocycles. The van der Waals surface area contributed by atoms with Gasteiger partial charge in [-0.3, -0.25) is 4.79 Å². The van der Waals surface area contributed by atoms with Crippen molar-refractivity contribution < 1.29 is 14.6 Å². The van der Waals surface area contributed by atoms with E-state index in [9.17, 15) is 9.90 Å². The van der Waals surface area contributed by atoms with Crippen molar-refractivity contribution in [1.29, 1.82) is 0 Å². The van der Waals surface area contributed by atoms with E-state index in [-0.39, 0.29) is 5.91 Å². The van der Waals surface area contributed by atoms with E-state index in [1.54, 1.807) is 31.4 Å². The number of ether oxygens (including phenoxy) is 1. The Kier molecular flexibility index (Phi) is 5.18. The quantitative estimate of drug-likeness (QED) is 0.783. The van der Waals surface area contributed by atoms with Crippen molar-refractivity contribution in [2.24, 2.45) is 0 Å². The first-order valence-corrected chi connectivity index (χ1v) is 6.98. The Labute approximate surface area is 119 Å². The Morgan fingerprint density at radius 2 is 2.35 bits per heavy atom. The van der Waals surface area contributed by atoms with E-state index < -0.39 is 6.10 Å². The lowest BCUT2D eigenvalue weighted by atomic mass is 10.1. The molecule has 2 rings (SSSR count). The molecular formula is C16H21NO3. The number of benzene rings is 1. The number of hydrogen-bond donors (Lipinski definition) is 2. The molecule has 0 aliphatic heterocycles. The molecule has 2 N–H and O–H groups in total. The Bertz CT molecular complexity index is 496. The average Bonchev–Trinajstić information content (AvgIpc) is 2.99. The summed E-state index contributed by atoms with van der Waals surface area (Å²) < 4.78 is 5.08. The minimum atomic E-state index is -1.15. The Morgan fingerprint density at radius 3 is 3.05 bits per heavy atom. The highest BCUT2D eigenvalue weighted by atomic mass is 16.5. The van der Waals surface area contributed by atoms with E-state index in [1.165, 1.54) is 12.0 Å². The van der Waals surface area contributed by atoms with E-state index in [0.717, 1.165) is 19.3 Å². The topological polar surface area (TPSA) is 58.6 Å². The molecule has 20 heavy (non-hydrogen) atoms. The third kappa shape index (κ3) is 3.84. The van der Waals surface area contributed by atoms with Crippen molar-refractivity contribution in [3.63, 3.8) is 0 Å². The number of amides is 1. The van der Waals surface area contributed by atoms with Crippen LogP contribution in [0.5, 0.6) is 5.75 Å². The van der Waals surface area contributed by atoms with Crippen LogP contribution in [0.3, 0.4) is 0 Å².